The molecule has 3 aromatic heterocycles. The van der Waals surface area contributed by atoms with Gasteiger partial charge in [-0.2, -0.15) is 0 Å². The number of carbonyl (C=O) groups excluding carboxylic acids is 1. The average molecular weight is 494 g/mol. The smallest absolute Gasteiger partial charge is 0.280 e. The summed E-state index contributed by atoms with van der Waals surface area (Å²) in [7, 11) is 0. The average Bonchev–Trinajstić information content (AvgIpc) is 3.29. The van der Waals surface area contributed by atoms with Crippen LogP contribution in [0, 0.1) is 6.92 Å². The molecule has 1 fully saturated rings. The highest BCUT2D eigenvalue weighted by atomic mass is 16.5. The number of fused-ring (bicyclic) bond motifs is 3. The molecular formula is C29H29N6O2+. The van der Waals surface area contributed by atoms with Crippen LogP contribution in [-0.4, -0.2) is 58.4 Å². The number of nitrogens with one attached hydrogen (secondary N) is 1. The molecule has 2 aromatic carbocycles. The lowest BCUT2D eigenvalue weighted by molar-refractivity contribution is -0.519. The Kier molecular flexibility index (Phi) is 6.34. The highest BCUT2D eigenvalue weighted by molar-refractivity contribution is 5.92. The number of nitrogens with zero attached hydrogens (tertiary/aromatic N) is 5. The van der Waals surface area contributed by atoms with Crippen molar-refractivity contribution < 1.29 is 13.9 Å². The minimum Gasteiger partial charge on any atom is -0.379 e. The molecule has 8 nitrogen and oxygen atoms in total. The number of rotatable bonds is 6. The lowest BCUT2D eigenvalue weighted by atomic mass is 10.1. The van der Waals surface area contributed by atoms with Crippen molar-refractivity contribution in [3.63, 3.8) is 0 Å². The number of hydrogen-bond donors (Lipinski definition) is 1. The van der Waals surface area contributed by atoms with Crippen LogP contribution in [0.2, 0.25) is 0 Å². The van der Waals surface area contributed by atoms with E-state index in [1.54, 1.807) is 0 Å². The molecule has 37 heavy (non-hydrogen) atoms. The van der Waals surface area contributed by atoms with Crippen LogP contribution in [0.4, 0.5) is 0 Å². The van der Waals surface area contributed by atoms with E-state index in [9.17, 15) is 4.79 Å². The van der Waals surface area contributed by atoms with Gasteiger partial charge >= 0.3 is 0 Å². The van der Waals surface area contributed by atoms with Gasteiger partial charge in [0.15, 0.2) is 0 Å². The lowest BCUT2D eigenvalue weighted by Crippen LogP contribution is -2.43. The monoisotopic (exact) mass is 493 g/mol. The molecule has 1 saturated heterocycles. The van der Waals surface area contributed by atoms with Crippen molar-refractivity contribution in [3.8, 4) is 16.8 Å². The number of aromatic nitrogens is 4. The van der Waals surface area contributed by atoms with Gasteiger partial charge in [-0.15, -0.1) is 0 Å². The van der Waals surface area contributed by atoms with Gasteiger partial charge in [-0.3, -0.25) is 14.7 Å². The Morgan fingerprint density at radius 3 is 2.59 bits per heavy atom. The highest BCUT2D eigenvalue weighted by Crippen LogP contribution is 2.25. The summed E-state index contributed by atoms with van der Waals surface area (Å²) in [4.78, 5) is 19.2. The molecule has 4 heterocycles. The third-order valence-electron chi connectivity index (χ3n) is 6.81. The second kappa shape index (κ2) is 10.1. The first-order chi connectivity index (χ1) is 18.2. The van der Waals surface area contributed by atoms with Gasteiger partial charge in [0.2, 0.25) is 5.91 Å². The number of pyridine rings is 2. The zero-order valence-corrected chi connectivity index (χ0v) is 20.8. The van der Waals surface area contributed by atoms with Crippen LogP contribution in [0.5, 0.6) is 0 Å². The summed E-state index contributed by atoms with van der Waals surface area (Å²) in [5, 5.41) is 8.91. The molecule has 8 heteroatoms. The van der Waals surface area contributed by atoms with E-state index in [-0.39, 0.29) is 5.91 Å². The Labute approximate surface area is 215 Å². The highest BCUT2D eigenvalue weighted by Gasteiger charge is 2.22. The van der Waals surface area contributed by atoms with Crippen LogP contribution in [0.1, 0.15) is 11.4 Å². The lowest BCUT2D eigenvalue weighted by Gasteiger charge is -2.25. The van der Waals surface area contributed by atoms with E-state index < -0.39 is 0 Å². The van der Waals surface area contributed by atoms with Gasteiger partial charge < -0.3 is 10.1 Å². The van der Waals surface area contributed by atoms with Crippen molar-refractivity contribution in [2.45, 2.75) is 13.5 Å². The zero-order chi connectivity index (χ0) is 25.2. The molecule has 0 unspecified atom stereocenters. The van der Waals surface area contributed by atoms with Gasteiger partial charge in [-0.05, 0) is 35.4 Å². The molecule has 0 radical (unpaired) electrons. The van der Waals surface area contributed by atoms with Crippen molar-refractivity contribution in [2.24, 2.45) is 0 Å². The van der Waals surface area contributed by atoms with Crippen molar-refractivity contribution in [1.82, 2.24) is 25.0 Å². The first-order valence-electron chi connectivity index (χ1n) is 12.6. The van der Waals surface area contributed by atoms with Gasteiger partial charge in [0, 0.05) is 43.4 Å². The topological polar surface area (TPSA) is 76.4 Å². The molecule has 0 aliphatic carbocycles. The summed E-state index contributed by atoms with van der Waals surface area (Å²) in [6.07, 6.45) is 3.94. The first-order valence-corrected chi connectivity index (χ1v) is 12.6. The third kappa shape index (κ3) is 4.81. The van der Waals surface area contributed by atoms with Gasteiger partial charge in [0.25, 0.3) is 11.5 Å². The summed E-state index contributed by atoms with van der Waals surface area (Å²) >= 11 is 0. The number of amides is 1. The van der Waals surface area contributed by atoms with E-state index in [1.165, 1.54) is 0 Å². The Morgan fingerprint density at radius 1 is 1.03 bits per heavy atom. The fourth-order valence-electron chi connectivity index (χ4n) is 4.79. The molecule has 1 aliphatic rings. The van der Waals surface area contributed by atoms with Crippen LogP contribution >= 0.6 is 0 Å². The van der Waals surface area contributed by atoms with Crippen molar-refractivity contribution >= 4 is 22.5 Å². The maximum absolute atomic E-state index is 12.4. The molecule has 0 atom stereocenters. The standard InChI is InChI=1S/C29H28N6O2/c1-21-32-35(25-9-7-22(8-10-25)18-31-28(36)20-33-13-15-37-16-14-33)29-26-17-24(23-5-3-2-4-6-23)19-30-27(26)11-12-34(21)29/h2-12,17,19H,13-16,18,20H2,1H3/p+1. The molecule has 6 rings (SSSR count). The van der Waals surface area contributed by atoms with Crippen molar-refractivity contribution in [2.75, 3.05) is 32.8 Å². The maximum atomic E-state index is 12.4. The van der Waals surface area contributed by atoms with Crippen LogP contribution in [0.3, 0.4) is 0 Å². The molecule has 1 aliphatic heterocycles. The predicted octanol–water partition coefficient (Wildman–Crippen LogP) is 3.08. The zero-order valence-electron chi connectivity index (χ0n) is 20.8. The first kappa shape index (κ1) is 23.3. The Morgan fingerprint density at radius 2 is 1.81 bits per heavy atom. The summed E-state index contributed by atoms with van der Waals surface area (Å²) in [6, 6.07) is 22.7. The van der Waals surface area contributed by atoms with E-state index >= 15 is 0 Å². The number of benzene rings is 2. The minimum absolute atomic E-state index is 0.0317. The molecular weight excluding hydrogens is 464 g/mol. The normalized spacial score (nSPS) is 14.3. The van der Waals surface area contributed by atoms with Gasteiger partial charge in [-0.25, -0.2) is 4.40 Å². The molecule has 1 N–H and O–H groups in total. The van der Waals surface area contributed by atoms with Crippen LogP contribution < -0.4 is 9.72 Å². The van der Waals surface area contributed by atoms with E-state index in [2.05, 4.69) is 32.8 Å². The van der Waals surface area contributed by atoms with Crippen LogP contribution in [-0.2, 0) is 16.1 Å². The summed E-state index contributed by atoms with van der Waals surface area (Å²) in [5.74, 6) is 0.922. The summed E-state index contributed by atoms with van der Waals surface area (Å²) in [6.45, 7) is 5.87. The second-order valence-electron chi connectivity index (χ2n) is 9.32. The van der Waals surface area contributed by atoms with Gasteiger partial charge in [0.1, 0.15) is 5.69 Å². The maximum Gasteiger partial charge on any atom is 0.280 e. The van der Waals surface area contributed by atoms with E-state index in [1.807, 2.05) is 72.5 Å². The Balaban J connectivity index is 1.27. The fourth-order valence-corrected chi connectivity index (χ4v) is 4.79. The van der Waals surface area contributed by atoms with E-state index in [4.69, 9.17) is 14.8 Å². The molecule has 186 valence electrons. The number of aryl methyl sites for hydroxylation is 1. The van der Waals surface area contributed by atoms with Crippen LogP contribution in [0.25, 0.3) is 33.4 Å². The molecule has 0 spiro atoms. The quantitative estimate of drug-likeness (QED) is 0.368. The number of ether oxygens (including phenoxy) is 1. The second-order valence-corrected chi connectivity index (χ2v) is 9.32. The largest absolute Gasteiger partial charge is 0.379 e. The van der Waals surface area contributed by atoms with Crippen molar-refractivity contribution in [3.05, 3.63) is 90.5 Å². The predicted molar refractivity (Wildman–Crippen MR) is 141 cm³/mol. The summed E-state index contributed by atoms with van der Waals surface area (Å²) < 4.78 is 9.41. The van der Waals surface area contributed by atoms with E-state index in [0.29, 0.717) is 26.3 Å². The van der Waals surface area contributed by atoms with Gasteiger partial charge in [-0.1, -0.05) is 47.1 Å². The number of morpholine rings is 1. The van der Waals surface area contributed by atoms with E-state index in [0.717, 1.165) is 57.8 Å². The Bertz CT molecular complexity index is 1560. The number of hydrogen-bond acceptors (Lipinski definition) is 5. The number of carbonyl (C=O) groups is 1. The fraction of sp³-hybridized carbons (Fsp3) is 0.241. The van der Waals surface area contributed by atoms with Crippen LogP contribution in [0.15, 0.2) is 79.1 Å². The summed E-state index contributed by atoms with van der Waals surface area (Å²) in [5.41, 5.74) is 6.06. The molecule has 0 bridgehead atoms. The molecule has 1 amide bonds. The molecule has 0 saturated carbocycles. The third-order valence-corrected chi connectivity index (χ3v) is 6.81. The van der Waals surface area contributed by atoms with Gasteiger partial charge in [0.05, 0.1) is 36.9 Å². The molecule has 5 aromatic rings. The van der Waals surface area contributed by atoms with Crippen molar-refractivity contribution in [1.29, 1.82) is 0 Å². The Hall–Kier alpha value is -4.14. The minimum atomic E-state index is 0.0317. The SMILES string of the molecule is Cc1nn(-c2ccc(CNC(=O)CN3CCOCC3)cc2)c2c3cc(-c4ccccc4)cnc3cc[n+]12.